The summed E-state index contributed by atoms with van der Waals surface area (Å²) >= 11 is 0. The van der Waals surface area contributed by atoms with Crippen molar-refractivity contribution in [1.29, 1.82) is 0 Å². The van der Waals surface area contributed by atoms with E-state index in [0.717, 1.165) is 37.5 Å². The largest absolute Gasteiger partial charge is 0.493 e. The van der Waals surface area contributed by atoms with Crippen LogP contribution >= 0.6 is 0 Å². The highest BCUT2D eigenvalue weighted by atomic mass is 16.5. The lowest BCUT2D eigenvalue weighted by Gasteiger charge is -2.18. The molecule has 11 heteroatoms. The lowest BCUT2D eigenvalue weighted by atomic mass is 10.1. The van der Waals surface area contributed by atoms with Gasteiger partial charge in [0.2, 0.25) is 17.2 Å². The van der Waals surface area contributed by atoms with Crippen LogP contribution in [0.5, 0.6) is 51.7 Å². The second-order valence-electron chi connectivity index (χ2n) is 9.47. The van der Waals surface area contributed by atoms with Crippen molar-refractivity contribution < 1.29 is 52.2 Å². The smallest absolute Gasteiger partial charge is 0.203 e. The van der Waals surface area contributed by atoms with E-state index in [0.29, 0.717) is 82.4 Å². The van der Waals surface area contributed by atoms with Crippen LogP contribution in [0.3, 0.4) is 0 Å². The predicted octanol–water partition coefficient (Wildman–Crippen LogP) is 5.96. The second-order valence-corrected chi connectivity index (χ2v) is 9.47. The molecule has 0 N–H and O–H groups in total. The summed E-state index contributed by atoms with van der Waals surface area (Å²) in [6, 6.07) is 10.0. The first-order valence-corrected chi connectivity index (χ1v) is 14.0. The van der Waals surface area contributed by atoms with E-state index >= 15 is 0 Å². The van der Waals surface area contributed by atoms with Gasteiger partial charge >= 0.3 is 0 Å². The molecule has 3 aromatic carbocycles. The van der Waals surface area contributed by atoms with Gasteiger partial charge in [-0.3, -0.25) is 9.59 Å². The van der Waals surface area contributed by atoms with Crippen LogP contribution in [0.1, 0.15) is 52.0 Å². The van der Waals surface area contributed by atoms with Gasteiger partial charge in [-0.25, -0.2) is 0 Å². The zero-order valence-electron chi connectivity index (χ0n) is 26.1. The Morgan fingerprint density at radius 2 is 0.773 bits per heavy atom. The molecule has 11 nitrogen and oxygen atoms in total. The van der Waals surface area contributed by atoms with Gasteiger partial charge in [0.05, 0.1) is 55.9 Å². The number of carbonyl (C=O) groups excluding carboxylic acids is 2. The molecular weight excluding hydrogens is 572 g/mol. The van der Waals surface area contributed by atoms with E-state index in [1.54, 1.807) is 38.5 Å². The molecule has 238 valence electrons. The first kappa shape index (κ1) is 33.7. The van der Waals surface area contributed by atoms with E-state index in [9.17, 15) is 9.59 Å². The van der Waals surface area contributed by atoms with E-state index in [-0.39, 0.29) is 6.61 Å². The highest BCUT2D eigenvalue weighted by Gasteiger charge is 2.18. The molecule has 3 aromatic rings. The van der Waals surface area contributed by atoms with Gasteiger partial charge in [-0.1, -0.05) is 0 Å². The van der Waals surface area contributed by atoms with Gasteiger partial charge in [0.25, 0.3) is 0 Å². The van der Waals surface area contributed by atoms with E-state index in [2.05, 4.69) is 0 Å². The number of aldehydes is 2. The Hall–Kier alpha value is -4.80. The minimum atomic E-state index is 0.154. The van der Waals surface area contributed by atoms with Crippen LogP contribution in [-0.4, -0.2) is 68.4 Å². The summed E-state index contributed by atoms with van der Waals surface area (Å²) in [5, 5.41) is 0. The lowest BCUT2D eigenvalue weighted by molar-refractivity contribution is 0.111. The first-order valence-electron chi connectivity index (χ1n) is 14.0. The average Bonchev–Trinajstić information content (AvgIpc) is 3.07. The van der Waals surface area contributed by atoms with E-state index < -0.39 is 0 Å². The summed E-state index contributed by atoms with van der Waals surface area (Å²) < 4.78 is 50.7. The molecule has 0 radical (unpaired) electrons. The zero-order chi connectivity index (χ0) is 31.9. The molecule has 0 atom stereocenters. The third-order valence-corrected chi connectivity index (χ3v) is 6.67. The maximum Gasteiger partial charge on any atom is 0.203 e. The molecule has 0 saturated carbocycles. The van der Waals surface area contributed by atoms with Crippen molar-refractivity contribution >= 4 is 12.6 Å². The van der Waals surface area contributed by atoms with Crippen LogP contribution in [-0.2, 0) is 6.61 Å². The molecule has 0 aliphatic carbocycles. The highest BCUT2D eigenvalue weighted by molar-refractivity contribution is 5.79. The molecule has 0 heterocycles. The molecule has 0 fully saturated rings. The van der Waals surface area contributed by atoms with Gasteiger partial charge in [0.1, 0.15) is 19.2 Å². The molecule has 0 aromatic heterocycles. The first-order chi connectivity index (χ1) is 21.5. The minimum absolute atomic E-state index is 0.154. The molecule has 0 unspecified atom stereocenters. The normalized spacial score (nSPS) is 10.4. The van der Waals surface area contributed by atoms with Crippen molar-refractivity contribution in [3.8, 4) is 51.7 Å². The van der Waals surface area contributed by atoms with Gasteiger partial charge in [0.15, 0.2) is 34.5 Å². The van der Waals surface area contributed by atoms with Crippen molar-refractivity contribution in [3.05, 3.63) is 53.1 Å². The number of hydrogen-bond acceptors (Lipinski definition) is 11. The molecule has 0 bridgehead atoms. The summed E-state index contributed by atoms with van der Waals surface area (Å²) in [5.74, 6) is 4.04. The Labute approximate surface area is 257 Å². The van der Waals surface area contributed by atoms with Crippen LogP contribution in [0.15, 0.2) is 36.4 Å². The Bertz CT molecular complexity index is 1310. The molecule has 0 aliphatic heterocycles. The van der Waals surface area contributed by atoms with E-state index in [1.807, 2.05) is 12.1 Å². The van der Waals surface area contributed by atoms with Gasteiger partial charge in [-0.2, -0.15) is 0 Å². The SMILES string of the molecule is COc1cc(C=O)cc(OC)c1OCCCCCCOc1c(OC)cc(COc2c(OC)cc(C=O)cc2OC)cc1OC. The maximum absolute atomic E-state index is 11.3. The molecular formula is C33H40O11. The Morgan fingerprint density at radius 1 is 0.455 bits per heavy atom. The molecule has 44 heavy (non-hydrogen) atoms. The zero-order valence-corrected chi connectivity index (χ0v) is 26.1. The minimum Gasteiger partial charge on any atom is -0.493 e. The van der Waals surface area contributed by atoms with Crippen molar-refractivity contribution in [2.75, 3.05) is 55.9 Å². The maximum atomic E-state index is 11.3. The Kier molecular flexibility index (Phi) is 13.3. The second kappa shape index (κ2) is 17.3. The van der Waals surface area contributed by atoms with Gasteiger partial charge in [0, 0.05) is 11.1 Å². The quantitative estimate of drug-likeness (QED) is 0.111. The van der Waals surface area contributed by atoms with Crippen molar-refractivity contribution in [1.82, 2.24) is 0 Å². The third-order valence-electron chi connectivity index (χ3n) is 6.67. The fourth-order valence-electron chi connectivity index (χ4n) is 4.44. The number of methoxy groups -OCH3 is 6. The van der Waals surface area contributed by atoms with Crippen molar-refractivity contribution in [2.45, 2.75) is 32.3 Å². The standard InChI is InChI=1S/C33H40O11/c1-36-25-13-22(19-34)14-26(37-2)31(25)42-11-9-7-8-10-12-43-32-29(40-5)17-24(18-30(32)41-6)21-44-33-27(38-3)15-23(20-35)16-28(33)39-4/h13-20H,7-12,21H2,1-6H3. The third kappa shape index (κ3) is 8.62. The van der Waals surface area contributed by atoms with E-state index in [4.69, 9.17) is 42.6 Å². The van der Waals surface area contributed by atoms with Crippen LogP contribution in [0, 0.1) is 0 Å². The summed E-state index contributed by atoms with van der Waals surface area (Å²) in [4.78, 5) is 22.4. The summed E-state index contributed by atoms with van der Waals surface area (Å²) in [5.41, 5.74) is 1.63. The number of rotatable bonds is 20. The number of ether oxygens (including phenoxy) is 9. The van der Waals surface area contributed by atoms with Gasteiger partial charge < -0.3 is 42.6 Å². The molecule has 0 spiro atoms. The summed E-state index contributed by atoms with van der Waals surface area (Å²) in [6.45, 7) is 1.09. The van der Waals surface area contributed by atoms with Gasteiger partial charge in [-0.15, -0.1) is 0 Å². The molecule has 3 rings (SSSR count). The Balaban J connectivity index is 1.53. The lowest BCUT2D eigenvalue weighted by Crippen LogP contribution is -2.05. The topological polar surface area (TPSA) is 117 Å². The van der Waals surface area contributed by atoms with Crippen LogP contribution < -0.4 is 42.6 Å². The number of carbonyl (C=O) groups is 2. The Morgan fingerprint density at radius 3 is 1.09 bits per heavy atom. The molecule has 0 amide bonds. The highest BCUT2D eigenvalue weighted by Crippen LogP contribution is 2.42. The fraction of sp³-hybridized carbons (Fsp3) is 0.394. The number of benzene rings is 3. The number of unbranched alkanes of at least 4 members (excludes halogenated alkanes) is 3. The monoisotopic (exact) mass is 612 g/mol. The fourth-order valence-corrected chi connectivity index (χ4v) is 4.44. The van der Waals surface area contributed by atoms with Crippen molar-refractivity contribution in [2.24, 2.45) is 0 Å². The predicted molar refractivity (Wildman–Crippen MR) is 163 cm³/mol. The molecule has 0 aliphatic rings. The molecule has 0 saturated heterocycles. The van der Waals surface area contributed by atoms with Gasteiger partial charge in [-0.05, 0) is 67.6 Å². The van der Waals surface area contributed by atoms with Crippen molar-refractivity contribution in [3.63, 3.8) is 0 Å². The summed E-state index contributed by atoms with van der Waals surface area (Å²) in [6.07, 6.45) is 4.92. The summed E-state index contributed by atoms with van der Waals surface area (Å²) in [7, 11) is 9.15. The van der Waals surface area contributed by atoms with Crippen LogP contribution in [0.2, 0.25) is 0 Å². The average molecular weight is 613 g/mol. The van der Waals surface area contributed by atoms with E-state index in [1.165, 1.54) is 28.4 Å². The van der Waals surface area contributed by atoms with Crippen LogP contribution in [0.4, 0.5) is 0 Å². The van der Waals surface area contributed by atoms with Crippen LogP contribution in [0.25, 0.3) is 0 Å². The number of hydrogen-bond donors (Lipinski definition) is 0.